The van der Waals surface area contributed by atoms with Crippen LogP contribution in [-0.4, -0.2) is 21.3 Å². The van der Waals surface area contributed by atoms with Crippen molar-refractivity contribution >= 4 is 0 Å². The summed E-state index contributed by atoms with van der Waals surface area (Å²) >= 11 is 0. The molecule has 0 aliphatic carbocycles. The van der Waals surface area contributed by atoms with Gasteiger partial charge in [0.1, 0.15) is 11.6 Å². The van der Waals surface area contributed by atoms with Gasteiger partial charge in [-0.1, -0.05) is 33.6 Å². The van der Waals surface area contributed by atoms with Gasteiger partial charge in [-0.25, -0.2) is 0 Å². The third-order valence-corrected chi connectivity index (χ3v) is 3.70. The number of fused-ring (bicyclic) bond motifs is 1. The zero-order chi connectivity index (χ0) is 12.3. The van der Waals surface area contributed by atoms with E-state index in [1.165, 1.54) is 18.7 Å². The zero-order valence-corrected chi connectivity index (χ0v) is 11.2. The molecule has 4 heteroatoms. The van der Waals surface area contributed by atoms with E-state index in [9.17, 15) is 0 Å². The molecule has 1 aliphatic rings. The SMILES string of the molecule is CCCC1NCCn2c(CC(C)CC)nnc21. The molecular weight excluding hydrogens is 212 g/mol. The fourth-order valence-electron chi connectivity index (χ4n) is 2.42. The largest absolute Gasteiger partial charge is 0.312 e. The van der Waals surface area contributed by atoms with Gasteiger partial charge >= 0.3 is 0 Å². The molecule has 2 rings (SSSR count). The van der Waals surface area contributed by atoms with Gasteiger partial charge in [0.2, 0.25) is 0 Å². The van der Waals surface area contributed by atoms with Crippen LogP contribution in [0.2, 0.25) is 0 Å². The van der Waals surface area contributed by atoms with E-state index in [2.05, 4.69) is 40.9 Å². The summed E-state index contributed by atoms with van der Waals surface area (Å²) in [6, 6.07) is 0.409. The van der Waals surface area contributed by atoms with Crippen molar-refractivity contribution in [2.45, 2.75) is 59.0 Å². The first-order chi connectivity index (χ1) is 8.26. The highest BCUT2D eigenvalue weighted by Crippen LogP contribution is 2.22. The normalized spacial score (nSPS) is 21.2. The average Bonchev–Trinajstić information content (AvgIpc) is 2.74. The van der Waals surface area contributed by atoms with Crippen molar-refractivity contribution in [3.63, 3.8) is 0 Å². The van der Waals surface area contributed by atoms with E-state index in [4.69, 9.17) is 0 Å². The number of aromatic nitrogens is 3. The highest BCUT2D eigenvalue weighted by atomic mass is 15.3. The highest BCUT2D eigenvalue weighted by molar-refractivity contribution is 5.05. The number of rotatable bonds is 5. The number of hydrogen-bond acceptors (Lipinski definition) is 3. The van der Waals surface area contributed by atoms with Gasteiger partial charge in [-0.2, -0.15) is 0 Å². The van der Waals surface area contributed by atoms with E-state index < -0.39 is 0 Å². The standard InChI is InChI=1S/C13H24N4/c1-4-6-11-13-16-15-12(9-10(3)5-2)17(13)8-7-14-11/h10-11,14H,4-9H2,1-3H3. The minimum absolute atomic E-state index is 0.409. The predicted molar refractivity (Wildman–Crippen MR) is 68.8 cm³/mol. The van der Waals surface area contributed by atoms with E-state index in [0.717, 1.165) is 31.8 Å². The van der Waals surface area contributed by atoms with Crippen LogP contribution in [0.4, 0.5) is 0 Å². The summed E-state index contributed by atoms with van der Waals surface area (Å²) in [5, 5.41) is 12.3. The molecule has 17 heavy (non-hydrogen) atoms. The predicted octanol–water partition coefficient (Wildman–Crippen LogP) is 2.31. The van der Waals surface area contributed by atoms with E-state index in [1.54, 1.807) is 0 Å². The lowest BCUT2D eigenvalue weighted by molar-refractivity contribution is 0.383. The van der Waals surface area contributed by atoms with E-state index in [1.807, 2.05) is 0 Å². The molecule has 1 aromatic rings. The number of nitrogens with zero attached hydrogens (tertiary/aromatic N) is 3. The maximum absolute atomic E-state index is 4.39. The second-order valence-corrected chi connectivity index (χ2v) is 5.14. The van der Waals surface area contributed by atoms with Gasteiger partial charge < -0.3 is 9.88 Å². The topological polar surface area (TPSA) is 42.7 Å². The molecule has 0 bridgehead atoms. The Hall–Kier alpha value is -0.900. The lowest BCUT2D eigenvalue weighted by atomic mass is 10.0. The molecule has 2 atom stereocenters. The molecule has 0 saturated carbocycles. The van der Waals surface area contributed by atoms with Gasteiger partial charge in [0.05, 0.1) is 6.04 Å². The smallest absolute Gasteiger partial charge is 0.150 e. The number of hydrogen-bond donors (Lipinski definition) is 1. The Bertz CT molecular complexity index is 358. The maximum atomic E-state index is 4.39. The van der Waals surface area contributed by atoms with E-state index in [-0.39, 0.29) is 0 Å². The Morgan fingerprint density at radius 2 is 2.24 bits per heavy atom. The molecule has 2 unspecified atom stereocenters. The minimum atomic E-state index is 0.409. The van der Waals surface area contributed by atoms with Crippen molar-refractivity contribution in [3.8, 4) is 0 Å². The Kier molecular flexibility index (Phi) is 4.15. The van der Waals surface area contributed by atoms with Gasteiger partial charge in [-0.3, -0.25) is 0 Å². The summed E-state index contributed by atoms with van der Waals surface area (Å²) in [4.78, 5) is 0. The fourth-order valence-corrected chi connectivity index (χ4v) is 2.42. The van der Waals surface area contributed by atoms with Crippen LogP contribution < -0.4 is 5.32 Å². The van der Waals surface area contributed by atoms with Crippen molar-refractivity contribution < 1.29 is 0 Å². The summed E-state index contributed by atoms with van der Waals surface area (Å²) in [5.41, 5.74) is 0. The molecule has 2 heterocycles. The average molecular weight is 236 g/mol. The Morgan fingerprint density at radius 3 is 2.94 bits per heavy atom. The van der Waals surface area contributed by atoms with Gasteiger partial charge in [0.15, 0.2) is 0 Å². The maximum Gasteiger partial charge on any atom is 0.150 e. The second-order valence-electron chi connectivity index (χ2n) is 5.14. The second kappa shape index (κ2) is 5.63. The Balaban J connectivity index is 2.16. The summed E-state index contributed by atoms with van der Waals surface area (Å²) in [7, 11) is 0. The monoisotopic (exact) mass is 236 g/mol. The molecule has 0 fully saturated rings. The van der Waals surface area contributed by atoms with Crippen LogP contribution in [0.3, 0.4) is 0 Å². The van der Waals surface area contributed by atoms with Crippen molar-refractivity contribution in [3.05, 3.63) is 11.6 Å². The van der Waals surface area contributed by atoms with E-state index >= 15 is 0 Å². The molecule has 0 aromatic carbocycles. The summed E-state index contributed by atoms with van der Waals surface area (Å²) in [6.45, 7) is 8.81. The zero-order valence-electron chi connectivity index (χ0n) is 11.2. The Morgan fingerprint density at radius 1 is 1.41 bits per heavy atom. The third kappa shape index (κ3) is 2.68. The molecule has 0 saturated heterocycles. The third-order valence-electron chi connectivity index (χ3n) is 3.70. The van der Waals surface area contributed by atoms with Gasteiger partial charge in [0.25, 0.3) is 0 Å². The summed E-state index contributed by atoms with van der Waals surface area (Å²) in [6.07, 6.45) is 4.61. The molecule has 0 spiro atoms. The quantitative estimate of drug-likeness (QED) is 0.853. The van der Waals surface area contributed by atoms with Crippen molar-refractivity contribution in [2.75, 3.05) is 6.54 Å². The molecular formula is C13H24N4. The van der Waals surface area contributed by atoms with Gasteiger partial charge in [0, 0.05) is 19.5 Å². The highest BCUT2D eigenvalue weighted by Gasteiger charge is 2.24. The first-order valence-electron chi connectivity index (χ1n) is 6.91. The van der Waals surface area contributed by atoms with E-state index in [0.29, 0.717) is 12.0 Å². The van der Waals surface area contributed by atoms with Crippen molar-refractivity contribution in [1.82, 2.24) is 20.1 Å². The van der Waals surface area contributed by atoms with Crippen molar-refractivity contribution in [2.24, 2.45) is 5.92 Å². The van der Waals surface area contributed by atoms with Crippen LogP contribution in [0.5, 0.6) is 0 Å². The fraction of sp³-hybridized carbons (Fsp3) is 0.846. The number of nitrogens with one attached hydrogen (secondary N) is 1. The van der Waals surface area contributed by atoms with Crippen LogP contribution in [0.25, 0.3) is 0 Å². The molecule has 4 nitrogen and oxygen atoms in total. The van der Waals surface area contributed by atoms with Crippen LogP contribution in [0.15, 0.2) is 0 Å². The van der Waals surface area contributed by atoms with Crippen LogP contribution in [-0.2, 0) is 13.0 Å². The van der Waals surface area contributed by atoms with Crippen molar-refractivity contribution in [1.29, 1.82) is 0 Å². The lowest BCUT2D eigenvalue weighted by Gasteiger charge is -2.25. The van der Waals surface area contributed by atoms with Gasteiger partial charge in [-0.05, 0) is 12.3 Å². The molecule has 96 valence electrons. The molecule has 1 aliphatic heterocycles. The lowest BCUT2D eigenvalue weighted by Crippen LogP contribution is -2.34. The molecule has 1 aromatic heterocycles. The molecule has 0 radical (unpaired) electrons. The summed E-state index contributed by atoms with van der Waals surface area (Å²) in [5.74, 6) is 3.02. The van der Waals surface area contributed by atoms with Crippen LogP contribution in [0.1, 0.15) is 57.7 Å². The first-order valence-corrected chi connectivity index (χ1v) is 6.91. The first kappa shape index (κ1) is 12.6. The molecule has 0 amide bonds. The van der Waals surface area contributed by atoms with Crippen LogP contribution in [0, 0.1) is 5.92 Å². The van der Waals surface area contributed by atoms with Gasteiger partial charge in [-0.15, -0.1) is 10.2 Å². The minimum Gasteiger partial charge on any atom is -0.312 e. The molecule has 1 N–H and O–H groups in total. The Labute approximate surface area is 104 Å². The summed E-state index contributed by atoms with van der Waals surface area (Å²) < 4.78 is 2.34. The van der Waals surface area contributed by atoms with Crippen LogP contribution >= 0.6 is 0 Å².